The van der Waals surface area contributed by atoms with Crippen LogP contribution in [0.3, 0.4) is 0 Å². The lowest BCUT2D eigenvalue weighted by Gasteiger charge is -2.10. The molecule has 1 unspecified atom stereocenters. The Hall–Kier alpha value is -1.20. The molecule has 2 aromatic rings. The molecule has 1 atom stereocenters. The van der Waals surface area contributed by atoms with Crippen LogP contribution in [0.15, 0.2) is 17.2 Å². The fraction of sp³-hybridized carbons (Fsp3) is 0.333. The molecule has 19 heavy (non-hydrogen) atoms. The van der Waals surface area contributed by atoms with Crippen molar-refractivity contribution in [2.75, 3.05) is 0 Å². The summed E-state index contributed by atoms with van der Waals surface area (Å²) in [5, 5.41) is 10.2. The smallest absolute Gasteiger partial charge is 0.262 e. The molecule has 0 fully saturated rings. The van der Waals surface area contributed by atoms with Crippen LogP contribution in [0.1, 0.15) is 13.3 Å². The number of halogens is 2. The standard InChI is InChI=1S/C12H11BCl2N2O2/c1-6(13)2-3-17-5-16-10-9(12(17)19)7(14)4-8(15)11(10)18/h4-6,18H,2-3H2,1H3. The summed E-state index contributed by atoms with van der Waals surface area (Å²) in [7, 11) is 5.66. The summed E-state index contributed by atoms with van der Waals surface area (Å²) < 4.78 is 1.42. The highest BCUT2D eigenvalue weighted by atomic mass is 35.5. The molecule has 0 aliphatic heterocycles. The zero-order valence-corrected chi connectivity index (χ0v) is 11.7. The van der Waals surface area contributed by atoms with Crippen molar-refractivity contribution in [3.05, 3.63) is 32.8 Å². The van der Waals surface area contributed by atoms with Gasteiger partial charge in [0.05, 0.1) is 29.6 Å². The molecule has 0 aliphatic carbocycles. The summed E-state index contributed by atoms with van der Waals surface area (Å²) in [6.07, 6.45) is 2.00. The minimum Gasteiger partial charge on any atom is -0.504 e. The van der Waals surface area contributed by atoms with Crippen molar-refractivity contribution >= 4 is 42.0 Å². The number of fused-ring (bicyclic) bond motifs is 1. The van der Waals surface area contributed by atoms with E-state index in [0.717, 1.165) is 0 Å². The third kappa shape index (κ3) is 2.72. The fourth-order valence-electron chi connectivity index (χ4n) is 1.75. The quantitative estimate of drug-likeness (QED) is 0.886. The molecule has 0 aliphatic rings. The van der Waals surface area contributed by atoms with E-state index < -0.39 is 0 Å². The number of aromatic nitrogens is 2. The number of hydrogen-bond acceptors (Lipinski definition) is 3. The Morgan fingerprint density at radius 3 is 2.79 bits per heavy atom. The SMILES string of the molecule is [B]C(C)CCn1cnc2c(O)c(Cl)cc(Cl)c2c1=O. The maximum atomic E-state index is 12.3. The molecule has 0 saturated carbocycles. The number of hydrogen-bond donors (Lipinski definition) is 1. The molecular formula is C12H11BCl2N2O2. The summed E-state index contributed by atoms with van der Waals surface area (Å²) in [5.74, 6) is -0.255. The van der Waals surface area contributed by atoms with E-state index >= 15 is 0 Å². The van der Waals surface area contributed by atoms with Gasteiger partial charge in [0.15, 0.2) is 5.75 Å². The van der Waals surface area contributed by atoms with E-state index in [1.165, 1.54) is 17.0 Å². The van der Waals surface area contributed by atoms with Crippen molar-refractivity contribution in [3.63, 3.8) is 0 Å². The minimum absolute atomic E-state index is 0.0170. The van der Waals surface area contributed by atoms with Crippen LogP contribution >= 0.6 is 23.2 Å². The second kappa shape index (κ2) is 5.43. The summed E-state index contributed by atoms with van der Waals surface area (Å²) in [6.45, 7) is 2.30. The van der Waals surface area contributed by atoms with Gasteiger partial charge in [-0.05, 0) is 12.5 Å². The topological polar surface area (TPSA) is 55.1 Å². The van der Waals surface area contributed by atoms with Gasteiger partial charge in [0.25, 0.3) is 5.56 Å². The van der Waals surface area contributed by atoms with Crippen molar-refractivity contribution in [1.82, 2.24) is 9.55 Å². The van der Waals surface area contributed by atoms with E-state index in [4.69, 9.17) is 31.0 Å². The van der Waals surface area contributed by atoms with Crippen LogP contribution in [0, 0.1) is 0 Å². The lowest BCUT2D eigenvalue weighted by Crippen LogP contribution is -2.21. The van der Waals surface area contributed by atoms with Gasteiger partial charge >= 0.3 is 0 Å². The maximum absolute atomic E-state index is 12.3. The Morgan fingerprint density at radius 2 is 2.16 bits per heavy atom. The van der Waals surface area contributed by atoms with E-state index in [1.54, 1.807) is 0 Å². The van der Waals surface area contributed by atoms with E-state index in [2.05, 4.69) is 4.98 Å². The largest absolute Gasteiger partial charge is 0.504 e. The summed E-state index contributed by atoms with van der Waals surface area (Å²) >= 11 is 11.8. The molecule has 1 heterocycles. The van der Waals surface area contributed by atoms with Crippen molar-refractivity contribution in [2.45, 2.75) is 25.7 Å². The number of phenols is 1. The molecule has 2 rings (SSSR count). The number of aromatic hydroxyl groups is 1. The molecule has 1 aromatic carbocycles. The van der Waals surface area contributed by atoms with Crippen molar-refractivity contribution in [2.24, 2.45) is 0 Å². The van der Waals surface area contributed by atoms with Crippen LogP contribution in [0.5, 0.6) is 5.75 Å². The first-order valence-electron chi connectivity index (χ1n) is 5.73. The van der Waals surface area contributed by atoms with Gasteiger partial charge in [0.2, 0.25) is 0 Å². The van der Waals surface area contributed by atoms with Gasteiger partial charge in [-0.25, -0.2) is 4.98 Å². The number of phenolic OH excluding ortho intramolecular Hbond substituents is 1. The average molecular weight is 297 g/mol. The Bertz CT molecular complexity index is 685. The minimum atomic E-state index is -0.317. The van der Waals surface area contributed by atoms with Crippen molar-refractivity contribution in [1.29, 1.82) is 0 Å². The second-order valence-electron chi connectivity index (χ2n) is 4.42. The van der Waals surface area contributed by atoms with Crippen LogP contribution < -0.4 is 5.56 Å². The third-order valence-corrected chi connectivity index (χ3v) is 3.39. The van der Waals surface area contributed by atoms with E-state index in [0.29, 0.717) is 13.0 Å². The average Bonchev–Trinajstić information content (AvgIpc) is 2.34. The van der Waals surface area contributed by atoms with E-state index in [1.807, 2.05) is 6.92 Å². The summed E-state index contributed by atoms with van der Waals surface area (Å²) in [5.41, 5.74) is -0.206. The van der Waals surface area contributed by atoms with Crippen LogP contribution in [0.25, 0.3) is 10.9 Å². The molecule has 1 N–H and O–H groups in total. The van der Waals surface area contributed by atoms with Gasteiger partial charge < -0.3 is 5.11 Å². The lowest BCUT2D eigenvalue weighted by molar-refractivity contribution is 0.480. The molecule has 1 aromatic heterocycles. The number of aryl methyl sites for hydroxylation is 1. The van der Waals surface area contributed by atoms with E-state index in [-0.39, 0.29) is 38.1 Å². The van der Waals surface area contributed by atoms with Gasteiger partial charge in [-0.2, -0.15) is 0 Å². The highest BCUT2D eigenvalue weighted by Gasteiger charge is 2.15. The van der Waals surface area contributed by atoms with Crippen LogP contribution in [-0.2, 0) is 6.54 Å². The molecule has 2 radical (unpaired) electrons. The van der Waals surface area contributed by atoms with Gasteiger partial charge in [0.1, 0.15) is 5.52 Å². The highest BCUT2D eigenvalue weighted by Crippen LogP contribution is 2.34. The van der Waals surface area contributed by atoms with Gasteiger partial charge in [-0.15, -0.1) is 0 Å². The Kier molecular flexibility index (Phi) is 4.06. The van der Waals surface area contributed by atoms with Gasteiger partial charge in [0, 0.05) is 6.54 Å². The van der Waals surface area contributed by atoms with Crippen LogP contribution in [0.2, 0.25) is 15.9 Å². The molecule has 0 saturated heterocycles. The second-order valence-corrected chi connectivity index (χ2v) is 5.24. The first-order chi connectivity index (χ1) is 8.91. The zero-order valence-electron chi connectivity index (χ0n) is 10.2. The van der Waals surface area contributed by atoms with Gasteiger partial charge in [-0.3, -0.25) is 9.36 Å². The predicted molar refractivity (Wildman–Crippen MR) is 77.5 cm³/mol. The van der Waals surface area contributed by atoms with E-state index in [9.17, 15) is 9.90 Å². The first kappa shape index (κ1) is 14.2. The number of nitrogens with zero attached hydrogens (tertiary/aromatic N) is 2. The molecule has 0 amide bonds. The number of benzene rings is 1. The van der Waals surface area contributed by atoms with Crippen molar-refractivity contribution < 1.29 is 5.11 Å². The zero-order chi connectivity index (χ0) is 14.2. The maximum Gasteiger partial charge on any atom is 0.262 e. The molecule has 0 bridgehead atoms. The molecule has 4 nitrogen and oxygen atoms in total. The number of rotatable bonds is 3. The molecule has 98 valence electrons. The lowest BCUT2D eigenvalue weighted by atomic mass is 9.87. The van der Waals surface area contributed by atoms with Gasteiger partial charge in [-0.1, -0.05) is 35.9 Å². The molecule has 0 spiro atoms. The fourth-order valence-corrected chi connectivity index (χ4v) is 2.28. The predicted octanol–water partition coefficient (Wildman–Crippen LogP) is 2.78. The molecule has 7 heteroatoms. The molecular weight excluding hydrogens is 286 g/mol. The third-order valence-electron chi connectivity index (χ3n) is 2.81. The first-order valence-corrected chi connectivity index (χ1v) is 6.49. The summed E-state index contributed by atoms with van der Waals surface area (Å²) in [6, 6.07) is 1.33. The Labute approximate surface area is 121 Å². The Morgan fingerprint density at radius 1 is 1.47 bits per heavy atom. The summed E-state index contributed by atoms with van der Waals surface area (Å²) in [4.78, 5) is 16.3. The highest BCUT2D eigenvalue weighted by molar-refractivity contribution is 6.39. The van der Waals surface area contributed by atoms with Crippen LogP contribution in [-0.4, -0.2) is 22.5 Å². The Balaban J connectivity index is 2.62. The normalized spacial score (nSPS) is 12.8. The van der Waals surface area contributed by atoms with Crippen molar-refractivity contribution in [3.8, 4) is 5.75 Å². The monoisotopic (exact) mass is 296 g/mol. The van der Waals surface area contributed by atoms with Crippen LogP contribution in [0.4, 0.5) is 0 Å².